The summed E-state index contributed by atoms with van der Waals surface area (Å²) < 4.78 is 1.66. The highest BCUT2D eigenvalue weighted by Gasteiger charge is 2.20. The van der Waals surface area contributed by atoms with E-state index >= 15 is 0 Å². The molecule has 0 fully saturated rings. The molecule has 0 aliphatic rings. The molecule has 128 valence electrons. The molecule has 25 heavy (non-hydrogen) atoms. The lowest BCUT2D eigenvalue weighted by molar-refractivity contribution is -0.115. The molecule has 3 rings (SSSR count). The minimum absolute atomic E-state index is 0.0880. The van der Waals surface area contributed by atoms with Crippen LogP contribution in [0.5, 0.6) is 0 Å². The molecule has 0 saturated heterocycles. The predicted molar refractivity (Wildman–Crippen MR) is 99.0 cm³/mol. The van der Waals surface area contributed by atoms with Crippen molar-refractivity contribution in [2.45, 2.75) is 31.2 Å². The topological polar surface area (TPSA) is 72.7 Å². The van der Waals surface area contributed by atoms with Crippen LogP contribution in [-0.4, -0.2) is 31.4 Å². The largest absolute Gasteiger partial charge is 0.325 e. The Bertz CT molecular complexity index is 892. The van der Waals surface area contributed by atoms with E-state index in [0.717, 1.165) is 22.5 Å². The molecule has 0 spiro atoms. The standard InChI is InChI=1S/C18H19N5OS/c1-12-7-6-9-15(11-12)19-17(24)14(3)25-18-20-21-22-23(18)16-10-5-4-8-13(16)2/h4-11,14H,1-3H3,(H,19,24). The third kappa shape index (κ3) is 4.06. The molecule has 1 heterocycles. The highest BCUT2D eigenvalue weighted by Crippen LogP contribution is 2.25. The van der Waals surface area contributed by atoms with Gasteiger partial charge in [0.2, 0.25) is 11.1 Å². The van der Waals surface area contributed by atoms with Crippen molar-refractivity contribution in [3.63, 3.8) is 0 Å². The summed E-state index contributed by atoms with van der Waals surface area (Å²) in [5.74, 6) is -0.0880. The maximum Gasteiger partial charge on any atom is 0.237 e. The van der Waals surface area contributed by atoms with Gasteiger partial charge < -0.3 is 5.32 Å². The lowest BCUT2D eigenvalue weighted by atomic mass is 10.2. The van der Waals surface area contributed by atoms with E-state index in [0.29, 0.717) is 5.16 Å². The summed E-state index contributed by atoms with van der Waals surface area (Å²) in [4.78, 5) is 12.5. The fraction of sp³-hybridized carbons (Fsp3) is 0.222. The fourth-order valence-corrected chi connectivity index (χ4v) is 3.18. The van der Waals surface area contributed by atoms with Gasteiger partial charge in [-0.1, -0.05) is 42.1 Å². The van der Waals surface area contributed by atoms with E-state index < -0.39 is 0 Å². The first-order chi connectivity index (χ1) is 12.0. The number of anilines is 1. The lowest BCUT2D eigenvalue weighted by Crippen LogP contribution is -2.23. The van der Waals surface area contributed by atoms with Crippen molar-refractivity contribution in [1.29, 1.82) is 0 Å². The number of para-hydroxylation sites is 1. The molecule has 0 saturated carbocycles. The second-order valence-electron chi connectivity index (χ2n) is 5.78. The summed E-state index contributed by atoms with van der Waals surface area (Å²) in [5, 5.41) is 15.1. The van der Waals surface area contributed by atoms with Crippen molar-refractivity contribution in [3.8, 4) is 5.69 Å². The molecule has 1 aromatic heterocycles. The van der Waals surface area contributed by atoms with Gasteiger partial charge in [0.1, 0.15) is 0 Å². The van der Waals surface area contributed by atoms with Crippen LogP contribution < -0.4 is 5.32 Å². The Hall–Kier alpha value is -2.67. The first kappa shape index (κ1) is 17.2. The smallest absolute Gasteiger partial charge is 0.237 e. The molecule has 2 aromatic carbocycles. The second kappa shape index (κ2) is 7.48. The van der Waals surface area contributed by atoms with Crippen LogP contribution in [0.3, 0.4) is 0 Å². The molecule has 0 aliphatic heterocycles. The number of nitrogens with zero attached hydrogens (tertiary/aromatic N) is 4. The number of benzene rings is 2. The summed E-state index contributed by atoms with van der Waals surface area (Å²) in [5.41, 5.74) is 3.85. The summed E-state index contributed by atoms with van der Waals surface area (Å²) in [7, 11) is 0. The van der Waals surface area contributed by atoms with Gasteiger partial charge in [0, 0.05) is 5.69 Å². The zero-order chi connectivity index (χ0) is 17.8. The van der Waals surface area contributed by atoms with Crippen LogP contribution in [0.15, 0.2) is 53.7 Å². The number of aryl methyl sites for hydroxylation is 2. The average molecular weight is 353 g/mol. The van der Waals surface area contributed by atoms with Crippen LogP contribution in [-0.2, 0) is 4.79 Å². The van der Waals surface area contributed by atoms with E-state index in [1.165, 1.54) is 11.8 Å². The van der Waals surface area contributed by atoms with Crippen molar-refractivity contribution in [3.05, 3.63) is 59.7 Å². The molecule has 7 heteroatoms. The summed E-state index contributed by atoms with van der Waals surface area (Å²) in [6.45, 7) is 5.83. The Kier molecular flexibility index (Phi) is 5.14. The van der Waals surface area contributed by atoms with Gasteiger partial charge in [0.05, 0.1) is 10.9 Å². The zero-order valence-corrected chi connectivity index (χ0v) is 15.1. The third-order valence-corrected chi connectivity index (χ3v) is 4.75. The quantitative estimate of drug-likeness (QED) is 0.712. The number of carbonyl (C=O) groups excluding carboxylic acids is 1. The third-order valence-electron chi connectivity index (χ3n) is 3.72. The van der Waals surface area contributed by atoms with Crippen LogP contribution in [0.1, 0.15) is 18.1 Å². The number of carbonyl (C=O) groups is 1. The Labute approximate surface area is 150 Å². The van der Waals surface area contributed by atoms with Gasteiger partial charge in [-0.25, -0.2) is 0 Å². The molecular formula is C18H19N5OS. The van der Waals surface area contributed by atoms with Gasteiger partial charge in [-0.3, -0.25) is 4.79 Å². The number of aromatic nitrogens is 4. The molecule has 0 aliphatic carbocycles. The van der Waals surface area contributed by atoms with Gasteiger partial charge in [0.15, 0.2) is 0 Å². The number of hydrogen-bond acceptors (Lipinski definition) is 5. The molecule has 1 amide bonds. The Morgan fingerprint density at radius 1 is 1.16 bits per heavy atom. The van der Waals surface area contributed by atoms with Crippen molar-refractivity contribution in [2.75, 3.05) is 5.32 Å². The Morgan fingerprint density at radius 2 is 1.96 bits per heavy atom. The van der Waals surface area contributed by atoms with E-state index in [9.17, 15) is 4.79 Å². The minimum atomic E-state index is -0.339. The number of nitrogens with one attached hydrogen (secondary N) is 1. The Balaban J connectivity index is 1.74. The maximum absolute atomic E-state index is 12.5. The Morgan fingerprint density at radius 3 is 2.72 bits per heavy atom. The summed E-state index contributed by atoms with van der Waals surface area (Å²) in [6.07, 6.45) is 0. The second-order valence-corrected chi connectivity index (χ2v) is 7.09. The van der Waals surface area contributed by atoms with Crippen LogP contribution in [0, 0.1) is 13.8 Å². The number of thioether (sulfide) groups is 1. The number of tetrazole rings is 1. The van der Waals surface area contributed by atoms with E-state index in [1.807, 2.05) is 69.3 Å². The SMILES string of the molecule is Cc1cccc(NC(=O)C(C)Sc2nnnn2-c2ccccc2C)c1. The van der Waals surface area contributed by atoms with Crippen molar-refractivity contribution in [1.82, 2.24) is 20.2 Å². The van der Waals surface area contributed by atoms with Gasteiger partial charge in [0.25, 0.3) is 0 Å². The maximum atomic E-state index is 12.5. The van der Waals surface area contributed by atoms with Crippen LogP contribution >= 0.6 is 11.8 Å². The fourth-order valence-electron chi connectivity index (χ4n) is 2.38. The van der Waals surface area contributed by atoms with Crippen molar-refractivity contribution >= 4 is 23.4 Å². The van der Waals surface area contributed by atoms with Crippen LogP contribution in [0.25, 0.3) is 5.69 Å². The van der Waals surface area contributed by atoms with Gasteiger partial charge in [-0.05, 0) is 60.5 Å². The molecule has 1 atom stereocenters. The van der Waals surface area contributed by atoms with E-state index in [1.54, 1.807) is 4.68 Å². The van der Waals surface area contributed by atoms with Crippen molar-refractivity contribution in [2.24, 2.45) is 0 Å². The van der Waals surface area contributed by atoms with E-state index in [2.05, 4.69) is 20.8 Å². The molecule has 1 unspecified atom stereocenters. The summed E-state index contributed by atoms with van der Waals surface area (Å²) in [6, 6.07) is 15.6. The number of rotatable bonds is 5. The number of hydrogen-bond donors (Lipinski definition) is 1. The highest BCUT2D eigenvalue weighted by molar-refractivity contribution is 8.00. The average Bonchev–Trinajstić information content (AvgIpc) is 3.03. The first-order valence-electron chi connectivity index (χ1n) is 7.93. The van der Waals surface area contributed by atoms with Crippen molar-refractivity contribution < 1.29 is 4.79 Å². The van der Waals surface area contributed by atoms with Gasteiger partial charge >= 0.3 is 0 Å². The molecule has 6 nitrogen and oxygen atoms in total. The minimum Gasteiger partial charge on any atom is -0.325 e. The highest BCUT2D eigenvalue weighted by atomic mass is 32.2. The monoisotopic (exact) mass is 353 g/mol. The van der Waals surface area contributed by atoms with Gasteiger partial charge in [-0.15, -0.1) is 5.10 Å². The first-order valence-corrected chi connectivity index (χ1v) is 8.81. The lowest BCUT2D eigenvalue weighted by Gasteiger charge is -2.12. The predicted octanol–water partition coefficient (Wildman–Crippen LogP) is 3.40. The number of amides is 1. The van der Waals surface area contributed by atoms with E-state index in [4.69, 9.17) is 0 Å². The molecule has 0 radical (unpaired) electrons. The van der Waals surface area contributed by atoms with Crippen LogP contribution in [0.4, 0.5) is 5.69 Å². The molecule has 0 bridgehead atoms. The normalized spacial score (nSPS) is 12.0. The summed E-state index contributed by atoms with van der Waals surface area (Å²) >= 11 is 1.33. The zero-order valence-electron chi connectivity index (χ0n) is 14.3. The molecule has 1 N–H and O–H groups in total. The van der Waals surface area contributed by atoms with E-state index in [-0.39, 0.29) is 11.2 Å². The van der Waals surface area contributed by atoms with Crippen LogP contribution in [0.2, 0.25) is 0 Å². The molecule has 3 aromatic rings. The van der Waals surface area contributed by atoms with Gasteiger partial charge in [-0.2, -0.15) is 4.68 Å². The molecular weight excluding hydrogens is 334 g/mol.